The molecule has 0 spiro atoms. The van der Waals surface area contributed by atoms with Gasteiger partial charge in [-0.15, -0.1) is 0 Å². The summed E-state index contributed by atoms with van der Waals surface area (Å²) >= 11 is 0. The molecule has 106 valence electrons. The van der Waals surface area contributed by atoms with Crippen molar-refractivity contribution < 1.29 is 13.9 Å². The van der Waals surface area contributed by atoms with E-state index in [2.05, 4.69) is 0 Å². The topological polar surface area (TPSA) is 20.2 Å². The lowest BCUT2D eigenvalue weighted by Crippen LogP contribution is -2.26. The van der Waals surface area contributed by atoms with Crippen LogP contribution in [0.5, 0.6) is 0 Å². The molecule has 0 aliphatic carbocycles. The number of hydrogen-bond donors (Lipinski definition) is 1. The molecule has 1 unspecified atom stereocenters. The fourth-order valence-electron chi connectivity index (χ4n) is 2.46. The van der Waals surface area contributed by atoms with Gasteiger partial charge in [-0.1, -0.05) is 29.8 Å². The smallest absolute Gasteiger partial charge is 0.129 e. The molecule has 1 nitrogen and oxygen atoms in total. The van der Waals surface area contributed by atoms with Gasteiger partial charge in [-0.25, -0.2) is 8.78 Å². The minimum atomic E-state index is -1.32. The quantitative estimate of drug-likeness (QED) is 0.897. The second-order valence-corrected chi connectivity index (χ2v) is 5.47. The monoisotopic (exact) mass is 276 g/mol. The van der Waals surface area contributed by atoms with Crippen LogP contribution in [0.4, 0.5) is 8.78 Å². The van der Waals surface area contributed by atoms with E-state index in [0.29, 0.717) is 5.56 Å². The summed E-state index contributed by atoms with van der Waals surface area (Å²) in [6, 6.07) is 9.43. The van der Waals surface area contributed by atoms with E-state index in [-0.39, 0.29) is 12.0 Å². The third kappa shape index (κ3) is 2.88. The summed E-state index contributed by atoms with van der Waals surface area (Å²) in [5.41, 5.74) is 1.19. The van der Waals surface area contributed by atoms with Gasteiger partial charge in [0.2, 0.25) is 0 Å². The number of benzene rings is 2. The highest BCUT2D eigenvalue weighted by Gasteiger charge is 2.28. The standard InChI is InChI=1S/C17H18F2O/c1-11-7-8-12(2)14(9-11)17(3,20)10-13-15(18)5-4-6-16(13)19/h4-9,20H,10H2,1-3H3. The summed E-state index contributed by atoms with van der Waals surface area (Å²) in [6.07, 6.45) is -0.101. The summed E-state index contributed by atoms with van der Waals surface area (Å²) in [5, 5.41) is 10.7. The van der Waals surface area contributed by atoms with E-state index in [1.54, 1.807) is 6.92 Å². The van der Waals surface area contributed by atoms with E-state index in [0.717, 1.165) is 11.1 Å². The molecule has 1 atom stereocenters. The highest BCUT2D eigenvalue weighted by Crippen LogP contribution is 2.30. The first-order chi connectivity index (χ1) is 9.31. The predicted molar refractivity (Wildman–Crippen MR) is 75.5 cm³/mol. The average molecular weight is 276 g/mol. The molecule has 2 rings (SSSR count). The van der Waals surface area contributed by atoms with Gasteiger partial charge in [0.15, 0.2) is 0 Å². The van der Waals surface area contributed by atoms with E-state index < -0.39 is 17.2 Å². The Hall–Kier alpha value is -1.74. The van der Waals surface area contributed by atoms with Gasteiger partial charge < -0.3 is 5.11 Å². The highest BCUT2D eigenvalue weighted by atomic mass is 19.1. The largest absolute Gasteiger partial charge is 0.385 e. The molecular weight excluding hydrogens is 258 g/mol. The Balaban J connectivity index is 2.43. The van der Waals surface area contributed by atoms with E-state index in [1.807, 2.05) is 32.0 Å². The number of hydrogen-bond acceptors (Lipinski definition) is 1. The summed E-state index contributed by atoms with van der Waals surface area (Å²) in [5.74, 6) is -1.26. The number of aliphatic hydroxyl groups is 1. The minimum Gasteiger partial charge on any atom is -0.385 e. The van der Waals surface area contributed by atoms with Crippen molar-refractivity contribution in [3.63, 3.8) is 0 Å². The van der Waals surface area contributed by atoms with Crippen LogP contribution in [0, 0.1) is 25.5 Å². The highest BCUT2D eigenvalue weighted by molar-refractivity contribution is 5.36. The van der Waals surface area contributed by atoms with Crippen LogP contribution in [0.1, 0.15) is 29.2 Å². The van der Waals surface area contributed by atoms with Crippen molar-refractivity contribution in [2.75, 3.05) is 0 Å². The first-order valence-electron chi connectivity index (χ1n) is 6.54. The molecule has 3 heteroatoms. The number of halogens is 2. The molecule has 0 saturated heterocycles. The van der Waals surface area contributed by atoms with Gasteiger partial charge >= 0.3 is 0 Å². The van der Waals surface area contributed by atoms with Crippen LogP contribution < -0.4 is 0 Å². The van der Waals surface area contributed by atoms with Crippen LogP contribution in [-0.4, -0.2) is 5.11 Å². The van der Waals surface area contributed by atoms with E-state index >= 15 is 0 Å². The van der Waals surface area contributed by atoms with Crippen LogP contribution >= 0.6 is 0 Å². The molecule has 0 fully saturated rings. The molecular formula is C17H18F2O. The average Bonchev–Trinajstić information content (AvgIpc) is 2.37. The van der Waals surface area contributed by atoms with Gasteiger partial charge in [-0.05, 0) is 44.0 Å². The fraction of sp³-hybridized carbons (Fsp3) is 0.294. The molecule has 2 aromatic carbocycles. The third-order valence-electron chi connectivity index (χ3n) is 3.56. The van der Waals surface area contributed by atoms with Gasteiger partial charge in [0, 0.05) is 12.0 Å². The maximum absolute atomic E-state index is 13.7. The lowest BCUT2D eigenvalue weighted by molar-refractivity contribution is 0.0550. The lowest BCUT2D eigenvalue weighted by atomic mass is 9.85. The van der Waals surface area contributed by atoms with Gasteiger partial charge in [0.1, 0.15) is 11.6 Å². The van der Waals surface area contributed by atoms with E-state index in [9.17, 15) is 13.9 Å². The van der Waals surface area contributed by atoms with E-state index in [1.165, 1.54) is 18.2 Å². The maximum atomic E-state index is 13.7. The van der Waals surface area contributed by atoms with Crippen molar-refractivity contribution in [2.24, 2.45) is 0 Å². The molecule has 20 heavy (non-hydrogen) atoms. The second kappa shape index (κ2) is 5.33. The Labute approximate surface area is 117 Å². The normalized spacial score (nSPS) is 14.1. The Morgan fingerprint density at radius 2 is 1.65 bits per heavy atom. The van der Waals surface area contributed by atoms with Crippen molar-refractivity contribution in [1.82, 2.24) is 0 Å². The summed E-state index contributed by atoms with van der Waals surface area (Å²) < 4.78 is 27.5. The van der Waals surface area contributed by atoms with Gasteiger partial charge in [0.25, 0.3) is 0 Å². The van der Waals surface area contributed by atoms with E-state index in [4.69, 9.17) is 0 Å². The SMILES string of the molecule is Cc1ccc(C)c(C(C)(O)Cc2c(F)cccc2F)c1. The Morgan fingerprint density at radius 3 is 2.25 bits per heavy atom. The summed E-state index contributed by atoms with van der Waals surface area (Å²) in [6.45, 7) is 5.38. The second-order valence-electron chi connectivity index (χ2n) is 5.47. The van der Waals surface area contributed by atoms with Crippen molar-refractivity contribution >= 4 is 0 Å². The van der Waals surface area contributed by atoms with Crippen molar-refractivity contribution in [3.05, 3.63) is 70.3 Å². The summed E-state index contributed by atoms with van der Waals surface area (Å²) in [7, 11) is 0. The molecule has 0 aliphatic heterocycles. The zero-order valence-electron chi connectivity index (χ0n) is 11.9. The number of aryl methyl sites for hydroxylation is 2. The predicted octanol–water partition coefficient (Wildman–Crippen LogP) is 4.03. The van der Waals surface area contributed by atoms with Crippen molar-refractivity contribution in [1.29, 1.82) is 0 Å². The maximum Gasteiger partial charge on any atom is 0.129 e. The molecule has 0 saturated carbocycles. The van der Waals surface area contributed by atoms with Crippen LogP contribution in [0.2, 0.25) is 0 Å². The van der Waals surface area contributed by atoms with Crippen molar-refractivity contribution in [2.45, 2.75) is 32.8 Å². The third-order valence-corrected chi connectivity index (χ3v) is 3.56. The first kappa shape index (κ1) is 14.7. The molecule has 0 aliphatic rings. The lowest BCUT2D eigenvalue weighted by Gasteiger charge is -2.26. The van der Waals surface area contributed by atoms with Crippen LogP contribution in [0.15, 0.2) is 36.4 Å². The number of rotatable bonds is 3. The molecule has 0 bridgehead atoms. The van der Waals surface area contributed by atoms with Crippen molar-refractivity contribution in [3.8, 4) is 0 Å². The van der Waals surface area contributed by atoms with Crippen LogP contribution in [0.3, 0.4) is 0 Å². The van der Waals surface area contributed by atoms with Gasteiger partial charge in [-0.2, -0.15) is 0 Å². The Morgan fingerprint density at radius 1 is 1.05 bits per heavy atom. The molecule has 0 radical (unpaired) electrons. The zero-order chi connectivity index (χ0) is 14.9. The first-order valence-corrected chi connectivity index (χ1v) is 6.54. The minimum absolute atomic E-state index is 0.0848. The molecule has 0 amide bonds. The Bertz CT molecular complexity index is 613. The van der Waals surface area contributed by atoms with Crippen LogP contribution in [-0.2, 0) is 12.0 Å². The van der Waals surface area contributed by atoms with Crippen LogP contribution in [0.25, 0.3) is 0 Å². The van der Waals surface area contributed by atoms with Gasteiger partial charge in [0.05, 0.1) is 5.60 Å². The zero-order valence-corrected chi connectivity index (χ0v) is 11.9. The molecule has 1 N–H and O–H groups in total. The Kier molecular flexibility index (Phi) is 3.91. The fourth-order valence-corrected chi connectivity index (χ4v) is 2.46. The van der Waals surface area contributed by atoms with Gasteiger partial charge in [-0.3, -0.25) is 0 Å². The molecule has 2 aromatic rings. The molecule has 0 heterocycles. The summed E-state index contributed by atoms with van der Waals surface area (Å²) in [4.78, 5) is 0. The molecule has 0 aromatic heterocycles.